The van der Waals surface area contributed by atoms with Gasteiger partial charge in [-0.2, -0.15) is 0 Å². The van der Waals surface area contributed by atoms with Crippen LogP contribution < -0.4 is 9.80 Å². The lowest BCUT2D eigenvalue weighted by Gasteiger charge is -2.31. The lowest BCUT2D eigenvalue weighted by atomic mass is 10.1. The number of piperazine rings is 1. The third-order valence-electron chi connectivity index (χ3n) is 4.53. The Morgan fingerprint density at radius 3 is 2.35 bits per heavy atom. The maximum atomic E-state index is 4.93. The van der Waals surface area contributed by atoms with Gasteiger partial charge in [0, 0.05) is 10.9 Å². The minimum atomic E-state index is 0.811. The Kier molecular flexibility index (Phi) is 3.67. The minimum absolute atomic E-state index is 0.811. The molecule has 0 spiro atoms. The van der Waals surface area contributed by atoms with Gasteiger partial charge < -0.3 is 9.80 Å². The normalized spacial score (nSPS) is 16.0. The molecule has 2 aromatic carbocycles. The summed E-state index contributed by atoms with van der Waals surface area (Å²) in [4.78, 5) is 13.7. The first kappa shape index (κ1) is 14.2. The Balaban J connectivity index is 1.84. The second kappa shape index (κ2) is 5.97. The van der Waals surface area contributed by atoms with Crippen molar-refractivity contribution in [2.75, 3.05) is 38.1 Å². The van der Waals surface area contributed by atoms with Crippen molar-refractivity contribution in [2.24, 2.45) is 0 Å². The molecule has 1 N–H and O–H groups in total. The van der Waals surface area contributed by atoms with Crippen LogP contribution in [0.4, 0.5) is 5.82 Å². The number of nitrogens with one attached hydrogen (secondary N) is 1. The van der Waals surface area contributed by atoms with Gasteiger partial charge in [0.1, 0.15) is 5.82 Å². The maximum absolute atomic E-state index is 4.93. The van der Waals surface area contributed by atoms with Gasteiger partial charge in [0.2, 0.25) is 0 Å². The quantitative estimate of drug-likeness (QED) is 0.781. The van der Waals surface area contributed by atoms with Crippen LogP contribution in [0.2, 0.25) is 0 Å². The van der Waals surface area contributed by atoms with Crippen molar-refractivity contribution >= 4 is 16.7 Å². The van der Waals surface area contributed by atoms with Gasteiger partial charge in [0.25, 0.3) is 0 Å². The van der Waals surface area contributed by atoms with Crippen LogP contribution in [0.5, 0.6) is 0 Å². The van der Waals surface area contributed by atoms with E-state index in [-0.39, 0.29) is 0 Å². The van der Waals surface area contributed by atoms with Gasteiger partial charge in [-0.05, 0) is 12.1 Å². The van der Waals surface area contributed by atoms with Gasteiger partial charge in [-0.3, -0.25) is 0 Å². The Morgan fingerprint density at radius 1 is 0.870 bits per heavy atom. The highest BCUT2D eigenvalue weighted by Gasteiger charge is 2.21. The van der Waals surface area contributed by atoms with Crippen molar-refractivity contribution in [3.63, 3.8) is 0 Å². The third-order valence-corrected chi connectivity index (χ3v) is 4.53. The van der Waals surface area contributed by atoms with Crippen LogP contribution in [0, 0.1) is 0 Å². The predicted octanol–water partition coefficient (Wildman–Crippen LogP) is 1.63. The predicted molar refractivity (Wildman–Crippen MR) is 93.8 cm³/mol. The molecule has 1 aromatic heterocycles. The number of hydrogen-bond donors (Lipinski definition) is 1. The van der Waals surface area contributed by atoms with Crippen LogP contribution in [0.15, 0.2) is 54.6 Å². The van der Waals surface area contributed by atoms with Crippen LogP contribution in [0.3, 0.4) is 0 Å². The summed E-state index contributed by atoms with van der Waals surface area (Å²) in [6, 6.07) is 18.6. The lowest BCUT2D eigenvalue weighted by Crippen LogP contribution is -3.12. The Morgan fingerprint density at radius 2 is 1.57 bits per heavy atom. The summed E-state index contributed by atoms with van der Waals surface area (Å²) >= 11 is 0. The maximum Gasteiger partial charge on any atom is 0.162 e. The van der Waals surface area contributed by atoms with E-state index in [4.69, 9.17) is 9.97 Å². The van der Waals surface area contributed by atoms with Gasteiger partial charge in [0.15, 0.2) is 5.82 Å². The molecule has 4 nitrogen and oxygen atoms in total. The topological polar surface area (TPSA) is 33.5 Å². The lowest BCUT2D eigenvalue weighted by molar-refractivity contribution is -0.880. The molecule has 23 heavy (non-hydrogen) atoms. The van der Waals surface area contributed by atoms with Crippen LogP contribution in [-0.2, 0) is 0 Å². The number of hydrogen-bond acceptors (Lipinski definition) is 3. The Labute approximate surface area is 136 Å². The zero-order chi connectivity index (χ0) is 15.6. The van der Waals surface area contributed by atoms with Crippen molar-refractivity contribution in [2.45, 2.75) is 0 Å². The molecule has 0 amide bonds. The van der Waals surface area contributed by atoms with E-state index in [1.165, 1.54) is 0 Å². The molecule has 0 bridgehead atoms. The van der Waals surface area contributed by atoms with Crippen molar-refractivity contribution in [3.05, 3.63) is 54.6 Å². The molecule has 2 heterocycles. The SMILES string of the molecule is C[NH+]1CCN(c2nc(-c3ccccc3)nc3ccccc23)CC1. The standard InChI is InChI=1S/C19H20N4/c1-22-11-13-23(14-12-22)19-16-9-5-6-10-17(16)20-18(21-19)15-7-3-2-4-8-15/h2-10H,11-14H2,1H3/p+1. The van der Waals surface area contributed by atoms with E-state index in [1.807, 2.05) is 24.3 Å². The number of benzene rings is 2. The summed E-state index contributed by atoms with van der Waals surface area (Å²) in [7, 11) is 2.25. The number of nitrogens with zero attached hydrogens (tertiary/aromatic N) is 3. The van der Waals surface area contributed by atoms with Crippen molar-refractivity contribution < 1.29 is 4.90 Å². The monoisotopic (exact) mass is 305 g/mol. The number of quaternary nitrogens is 1. The Hall–Kier alpha value is -2.46. The van der Waals surface area contributed by atoms with Crippen molar-refractivity contribution in [1.82, 2.24) is 9.97 Å². The third kappa shape index (κ3) is 2.78. The number of aromatic nitrogens is 2. The number of anilines is 1. The fourth-order valence-corrected chi connectivity index (χ4v) is 3.12. The molecule has 4 rings (SSSR count). The van der Waals surface area contributed by atoms with Gasteiger partial charge in [0.05, 0.1) is 38.7 Å². The van der Waals surface area contributed by atoms with E-state index in [0.717, 1.165) is 54.3 Å². The van der Waals surface area contributed by atoms with Crippen LogP contribution in [0.1, 0.15) is 0 Å². The minimum Gasteiger partial charge on any atom is -0.345 e. The van der Waals surface area contributed by atoms with Gasteiger partial charge in [-0.1, -0.05) is 42.5 Å². The van der Waals surface area contributed by atoms with E-state index in [2.05, 4.69) is 42.3 Å². The zero-order valence-electron chi connectivity index (χ0n) is 13.4. The highest BCUT2D eigenvalue weighted by molar-refractivity contribution is 5.91. The average Bonchev–Trinajstić information content (AvgIpc) is 2.62. The molecule has 0 unspecified atom stereocenters. The van der Waals surface area contributed by atoms with E-state index < -0.39 is 0 Å². The van der Waals surface area contributed by atoms with Gasteiger partial charge in [-0.25, -0.2) is 9.97 Å². The molecule has 1 aliphatic rings. The first-order valence-corrected chi connectivity index (χ1v) is 8.20. The number of para-hydroxylation sites is 1. The van der Waals surface area contributed by atoms with Crippen molar-refractivity contribution in [3.8, 4) is 11.4 Å². The molecular weight excluding hydrogens is 284 g/mol. The summed E-state index contributed by atoms with van der Waals surface area (Å²) in [5.41, 5.74) is 2.09. The largest absolute Gasteiger partial charge is 0.345 e. The molecule has 1 fully saturated rings. The smallest absolute Gasteiger partial charge is 0.162 e. The highest BCUT2D eigenvalue weighted by atomic mass is 15.3. The molecular formula is C19H21N4+. The first-order chi connectivity index (χ1) is 11.3. The first-order valence-electron chi connectivity index (χ1n) is 8.20. The van der Waals surface area contributed by atoms with E-state index in [9.17, 15) is 0 Å². The molecule has 116 valence electrons. The summed E-state index contributed by atoms with van der Waals surface area (Å²) in [5.74, 6) is 1.88. The molecule has 0 saturated carbocycles. The molecule has 4 heteroatoms. The number of rotatable bonds is 2. The number of fused-ring (bicyclic) bond motifs is 1. The summed E-state index contributed by atoms with van der Waals surface area (Å²) in [5, 5.41) is 1.15. The molecule has 0 radical (unpaired) electrons. The summed E-state index contributed by atoms with van der Waals surface area (Å²) in [6.45, 7) is 4.39. The molecule has 0 atom stereocenters. The fraction of sp³-hybridized carbons (Fsp3) is 0.263. The molecule has 3 aromatic rings. The van der Waals surface area contributed by atoms with Crippen molar-refractivity contribution in [1.29, 1.82) is 0 Å². The van der Waals surface area contributed by atoms with Gasteiger partial charge in [-0.15, -0.1) is 0 Å². The summed E-state index contributed by atoms with van der Waals surface area (Å²) in [6.07, 6.45) is 0. The second-order valence-corrected chi connectivity index (χ2v) is 6.20. The molecule has 1 saturated heterocycles. The van der Waals surface area contributed by atoms with Crippen LogP contribution >= 0.6 is 0 Å². The van der Waals surface area contributed by atoms with E-state index in [1.54, 1.807) is 4.90 Å². The fourth-order valence-electron chi connectivity index (χ4n) is 3.12. The Bertz CT molecular complexity index is 808. The highest BCUT2D eigenvalue weighted by Crippen LogP contribution is 2.27. The second-order valence-electron chi connectivity index (χ2n) is 6.20. The van der Waals surface area contributed by atoms with E-state index >= 15 is 0 Å². The zero-order valence-corrected chi connectivity index (χ0v) is 13.4. The van der Waals surface area contributed by atoms with Crippen LogP contribution in [0.25, 0.3) is 22.3 Å². The molecule has 0 aliphatic carbocycles. The van der Waals surface area contributed by atoms with Crippen LogP contribution in [-0.4, -0.2) is 43.2 Å². The van der Waals surface area contributed by atoms with Gasteiger partial charge >= 0.3 is 0 Å². The van der Waals surface area contributed by atoms with E-state index in [0.29, 0.717) is 0 Å². The summed E-state index contributed by atoms with van der Waals surface area (Å²) < 4.78 is 0. The average molecular weight is 305 g/mol. The molecule has 1 aliphatic heterocycles. The number of likely N-dealkylation sites (N-methyl/N-ethyl adjacent to an activating group) is 1.